The van der Waals surface area contributed by atoms with Crippen LogP contribution in [-0.4, -0.2) is 0 Å². The first-order valence-electron chi connectivity index (χ1n) is 21.5. The second-order valence-corrected chi connectivity index (χ2v) is 17.4. The molecule has 5 aliphatic rings. The van der Waals surface area contributed by atoms with Crippen molar-refractivity contribution >= 4 is 22.6 Å². The molecule has 1 spiro atoms. The fourth-order valence-corrected chi connectivity index (χ4v) is 11.3. The Hall–Kier alpha value is -7.36. The van der Waals surface area contributed by atoms with Gasteiger partial charge in [0.25, 0.3) is 0 Å². The SMILES string of the molecule is CC1(C)c2ccccc2-c2cc(-c3ccc(N(c4ccccc4)c4cccc5c4Oc4ccc6c(c4O5)-c4ccccc4C64C5=CCCC=C5c5ccccc54)cc3)ccc21. The van der Waals surface area contributed by atoms with E-state index in [0.29, 0.717) is 11.5 Å². The monoisotopic (exact) mass is 783 g/mol. The van der Waals surface area contributed by atoms with E-state index in [4.69, 9.17) is 9.47 Å². The van der Waals surface area contributed by atoms with Gasteiger partial charge in [-0.25, -0.2) is 0 Å². The van der Waals surface area contributed by atoms with Gasteiger partial charge in [-0.05, 0) is 134 Å². The van der Waals surface area contributed by atoms with Gasteiger partial charge >= 0.3 is 0 Å². The Morgan fingerprint density at radius 3 is 1.87 bits per heavy atom. The van der Waals surface area contributed by atoms with Gasteiger partial charge in [0.05, 0.1) is 11.1 Å². The van der Waals surface area contributed by atoms with Crippen molar-refractivity contribution in [3.8, 4) is 56.4 Å². The molecule has 0 fully saturated rings. The molecular weight excluding hydrogens is 743 g/mol. The molecule has 4 aliphatic carbocycles. The van der Waals surface area contributed by atoms with Crippen LogP contribution >= 0.6 is 0 Å². The quantitative estimate of drug-likeness (QED) is 0.177. The lowest BCUT2D eigenvalue weighted by Gasteiger charge is -2.33. The van der Waals surface area contributed by atoms with E-state index in [1.165, 1.54) is 72.3 Å². The molecule has 1 unspecified atom stereocenters. The summed E-state index contributed by atoms with van der Waals surface area (Å²) in [5, 5.41) is 0. The first-order chi connectivity index (χ1) is 30.0. The predicted molar refractivity (Wildman–Crippen MR) is 248 cm³/mol. The fourth-order valence-electron chi connectivity index (χ4n) is 11.3. The Bertz CT molecular complexity index is 3230. The molecule has 3 nitrogen and oxygen atoms in total. The average molecular weight is 784 g/mol. The number of nitrogens with zero attached hydrogens (tertiary/aromatic N) is 1. The van der Waals surface area contributed by atoms with Crippen molar-refractivity contribution in [1.29, 1.82) is 0 Å². The second kappa shape index (κ2) is 12.6. The highest BCUT2D eigenvalue weighted by molar-refractivity contribution is 6.02. The Morgan fingerprint density at radius 2 is 1.05 bits per heavy atom. The molecule has 1 aliphatic heterocycles. The van der Waals surface area contributed by atoms with E-state index in [2.05, 4.69) is 201 Å². The maximum absolute atomic E-state index is 7.13. The molecule has 0 radical (unpaired) electrons. The number of para-hydroxylation sites is 2. The summed E-state index contributed by atoms with van der Waals surface area (Å²) >= 11 is 0. The van der Waals surface area contributed by atoms with E-state index >= 15 is 0 Å². The Kier molecular flexibility index (Phi) is 7.11. The van der Waals surface area contributed by atoms with Crippen LogP contribution < -0.4 is 14.4 Å². The summed E-state index contributed by atoms with van der Waals surface area (Å²) in [6, 6.07) is 63.8. The topological polar surface area (TPSA) is 21.7 Å². The molecule has 61 heavy (non-hydrogen) atoms. The van der Waals surface area contributed by atoms with Gasteiger partial charge in [0, 0.05) is 22.4 Å². The lowest BCUT2D eigenvalue weighted by Crippen LogP contribution is -2.26. The smallest absolute Gasteiger partial charge is 0.194 e. The van der Waals surface area contributed by atoms with Gasteiger partial charge in [-0.15, -0.1) is 0 Å². The van der Waals surface area contributed by atoms with Crippen LogP contribution in [0.1, 0.15) is 60.1 Å². The van der Waals surface area contributed by atoms with Gasteiger partial charge in [0.2, 0.25) is 0 Å². The van der Waals surface area contributed by atoms with Gasteiger partial charge < -0.3 is 14.4 Å². The summed E-state index contributed by atoms with van der Waals surface area (Å²) in [5.41, 5.74) is 20.6. The molecule has 8 aromatic rings. The number of rotatable bonds is 4. The maximum Gasteiger partial charge on any atom is 0.194 e. The van der Waals surface area contributed by atoms with Gasteiger partial charge in [-0.3, -0.25) is 0 Å². The van der Waals surface area contributed by atoms with E-state index in [-0.39, 0.29) is 5.41 Å². The molecule has 1 heterocycles. The summed E-state index contributed by atoms with van der Waals surface area (Å²) in [6.45, 7) is 4.66. The van der Waals surface area contributed by atoms with Crippen molar-refractivity contribution in [3.63, 3.8) is 0 Å². The molecule has 0 N–H and O–H groups in total. The van der Waals surface area contributed by atoms with Crippen LogP contribution in [0.3, 0.4) is 0 Å². The Labute approximate surface area is 356 Å². The largest absolute Gasteiger partial charge is 0.449 e. The lowest BCUT2D eigenvalue weighted by atomic mass is 9.69. The van der Waals surface area contributed by atoms with E-state index < -0.39 is 5.41 Å². The summed E-state index contributed by atoms with van der Waals surface area (Å²) in [4.78, 5) is 2.27. The molecule has 0 aromatic heterocycles. The van der Waals surface area contributed by atoms with Crippen LogP contribution in [-0.2, 0) is 10.8 Å². The molecule has 0 saturated carbocycles. The number of anilines is 3. The molecule has 8 aromatic carbocycles. The van der Waals surface area contributed by atoms with Crippen LogP contribution in [0.25, 0.3) is 39.0 Å². The third kappa shape index (κ3) is 4.64. The molecule has 13 rings (SSSR count). The van der Waals surface area contributed by atoms with Crippen LogP contribution in [0.4, 0.5) is 17.1 Å². The van der Waals surface area contributed by atoms with Crippen molar-refractivity contribution in [3.05, 3.63) is 227 Å². The maximum atomic E-state index is 7.13. The number of hydrogen-bond donors (Lipinski definition) is 0. The minimum atomic E-state index is -0.410. The fraction of sp³-hybridized carbons (Fsp3) is 0.103. The van der Waals surface area contributed by atoms with Crippen LogP contribution in [0.2, 0.25) is 0 Å². The second-order valence-electron chi connectivity index (χ2n) is 17.4. The first kappa shape index (κ1) is 34.5. The predicted octanol–water partition coefficient (Wildman–Crippen LogP) is 15.5. The van der Waals surface area contributed by atoms with Gasteiger partial charge in [0.1, 0.15) is 0 Å². The van der Waals surface area contributed by atoms with Crippen LogP contribution in [0.5, 0.6) is 23.0 Å². The normalized spacial score (nSPS) is 17.5. The number of fused-ring (bicyclic) bond motifs is 16. The highest BCUT2D eigenvalue weighted by Crippen LogP contribution is 2.68. The number of ether oxygens (including phenoxy) is 2. The highest BCUT2D eigenvalue weighted by atomic mass is 16.6. The van der Waals surface area contributed by atoms with E-state index in [1.807, 2.05) is 6.07 Å². The van der Waals surface area contributed by atoms with Crippen molar-refractivity contribution < 1.29 is 9.47 Å². The zero-order valence-corrected chi connectivity index (χ0v) is 34.1. The van der Waals surface area contributed by atoms with E-state index in [0.717, 1.165) is 47.0 Å². The molecule has 1 atom stereocenters. The molecule has 0 bridgehead atoms. The van der Waals surface area contributed by atoms with Gasteiger partial charge in [-0.1, -0.05) is 153 Å². The molecule has 3 heteroatoms. The standard InChI is InChI=1S/C58H41NO2/c1-57(2)45-21-10-6-19-42(45)44-35-37(29-32-46(44)57)36-27-30-39(31-28-36)59(38-15-4-3-5-16-38)51-25-14-26-52-55(51)60-53-34-33-50-54(56(53)61-52)43-20-9-13-24-49(43)58(50)47-22-11-7-17-40(47)41-18-8-12-23-48(41)58/h3-7,9-11,13-35H,8,12H2,1-2H3. The summed E-state index contributed by atoms with van der Waals surface area (Å²) in [5.74, 6) is 2.87. The lowest BCUT2D eigenvalue weighted by molar-refractivity contribution is 0.361. The number of hydrogen-bond acceptors (Lipinski definition) is 3. The Balaban J connectivity index is 0.913. The molecule has 0 amide bonds. The third-order valence-corrected chi connectivity index (χ3v) is 14.0. The zero-order chi connectivity index (χ0) is 40.5. The van der Waals surface area contributed by atoms with Crippen LogP contribution in [0, 0.1) is 0 Å². The number of benzene rings is 8. The average Bonchev–Trinajstić information content (AvgIpc) is 3.88. The number of allylic oxidation sites excluding steroid dienone is 4. The first-order valence-corrected chi connectivity index (χ1v) is 21.5. The van der Waals surface area contributed by atoms with Crippen molar-refractivity contribution in [2.24, 2.45) is 0 Å². The highest BCUT2D eigenvalue weighted by Gasteiger charge is 2.55. The molecule has 290 valence electrons. The van der Waals surface area contributed by atoms with Crippen molar-refractivity contribution in [2.45, 2.75) is 37.5 Å². The summed E-state index contributed by atoms with van der Waals surface area (Å²) in [6.07, 6.45) is 7.02. The summed E-state index contributed by atoms with van der Waals surface area (Å²) in [7, 11) is 0. The van der Waals surface area contributed by atoms with Crippen LogP contribution in [0.15, 0.2) is 194 Å². The van der Waals surface area contributed by atoms with Gasteiger partial charge in [0.15, 0.2) is 23.0 Å². The van der Waals surface area contributed by atoms with E-state index in [1.54, 1.807) is 0 Å². The molecule has 0 saturated heterocycles. The molecular formula is C58H41NO2. The van der Waals surface area contributed by atoms with Gasteiger partial charge in [-0.2, -0.15) is 0 Å². The third-order valence-electron chi connectivity index (χ3n) is 14.0. The summed E-state index contributed by atoms with van der Waals surface area (Å²) < 4.78 is 14.2. The minimum Gasteiger partial charge on any atom is -0.449 e. The van der Waals surface area contributed by atoms with Crippen molar-refractivity contribution in [2.75, 3.05) is 4.90 Å². The zero-order valence-electron chi connectivity index (χ0n) is 34.1. The Morgan fingerprint density at radius 1 is 0.443 bits per heavy atom. The minimum absolute atomic E-state index is 0.0189. The van der Waals surface area contributed by atoms with Crippen molar-refractivity contribution in [1.82, 2.24) is 0 Å². The van der Waals surface area contributed by atoms with E-state index in [9.17, 15) is 0 Å².